The number of rotatable bonds is 3. The maximum absolute atomic E-state index is 14.4. The van der Waals surface area contributed by atoms with E-state index in [-0.39, 0.29) is 31.9 Å². The van der Waals surface area contributed by atoms with Crippen LogP contribution in [-0.2, 0) is 53.4 Å². The Kier molecular flexibility index (Phi) is 11.7. The van der Waals surface area contributed by atoms with Gasteiger partial charge >= 0.3 is 12.2 Å². The summed E-state index contributed by atoms with van der Waals surface area (Å²) in [7, 11) is -3.87. The number of carbonyl (C=O) groups excluding carboxylic acids is 5. The van der Waals surface area contributed by atoms with Gasteiger partial charge in [-0.15, -0.1) is 0 Å². The van der Waals surface area contributed by atoms with E-state index in [1.807, 2.05) is 12.1 Å². The van der Waals surface area contributed by atoms with Crippen molar-refractivity contribution in [1.82, 2.24) is 25.2 Å². The minimum absolute atomic E-state index is 0.0186. The van der Waals surface area contributed by atoms with Crippen LogP contribution in [0.4, 0.5) is 9.59 Å². The van der Waals surface area contributed by atoms with Crippen LogP contribution >= 0.6 is 0 Å². The van der Waals surface area contributed by atoms with Gasteiger partial charge in [0.25, 0.3) is 5.91 Å². The summed E-state index contributed by atoms with van der Waals surface area (Å²) in [6, 6.07) is 4.08. The zero-order chi connectivity index (χ0) is 37.9. The van der Waals surface area contributed by atoms with Gasteiger partial charge in [-0.25, -0.2) is 18.0 Å². The lowest BCUT2D eigenvalue weighted by Gasteiger charge is -2.29. The normalized spacial score (nSPS) is 30.6. The third-order valence-electron chi connectivity index (χ3n) is 12.2. The number of benzene rings is 1. The largest absolute Gasteiger partial charge is 0.450 e. The number of ether oxygens (including phenoxy) is 2. The molecule has 15 heteroatoms. The van der Waals surface area contributed by atoms with E-state index in [0.717, 1.165) is 75.3 Å². The number of nitrogens with one attached hydrogen (secondary N) is 3. The highest BCUT2D eigenvalue weighted by atomic mass is 32.2. The number of hydrogen-bond donors (Lipinski definition) is 3. The molecule has 0 spiro atoms. The van der Waals surface area contributed by atoms with Crippen molar-refractivity contribution in [2.75, 3.05) is 13.2 Å². The maximum atomic E-state index is 14.4. The number of carbonyl (C=O) groups is 5. The first kappa shape index (κ1) is 38.4. The second kappa shape index (κ2) is 16.5. The molecular formula is C39H55N5O9S. The predicted molar refractivity (Wildman–Crippen MR) is 197 cm³/mol. The molecule has 5 amide bonds. The SMILES string of the molecule is O=C1NC2CCCCCCCC3CC3(C(=O)NS(=O)(=O)C3CC3)NC(=O)C3CC(CN3C2=O)OC(=O)N2Cc3cccc(c3C2)CCCCCCCCO1. The molecule has 5 bridgehead atoms. The van der Waals surface area contributed by atoms with Gasteiger partial charge in [-0.2, -0.15) is 0 Å². The fraction of sp³-hybridized carbons (Fsp3) is 0.718. The minimum Gasteiger partial charge on any atom is -0.450 e. The van der Waals surface area contributed by atoms with Gasteiger partial charge in [0.15, 0.2) is 0 Å². The van der Waals surface area contributed by atoms with Crippen LogP contribution in [0.25, 0.3) is 0 Å². The van der Waals surface area contributed by atoms with Crippen LogP contribution in [0, 0.1) is 5.92 Å². The number of amides is 5. The lowest BCUT2D eigenvalue weighted by atomic mass is 9.98. The third kappa shape index (κ3) is 8.81. The highest BCUT2D eigenvalue weighted by Gasteiger charge is 2.62. The molecule has 2 aliphatic carbocycles. The Morgan fingerprint density at radius 1 is 0.852 bits per heavy atom. The second-order valence-electron chi connectivity index (χ2n) is 16.2. The van der Waals surface area contributed by atoms with Crippen LogP contribution in [0.5, 0.6) is 0 Å². The zero-order valence-corrected chi connectivity index (χ0v) is 32.0. The van der Waals surface area contributed by atoms with Crippen LogP contribution in [0.1, 0.15) is 126 Å². The standard InChI is InChI=1S/C39H55N5O9S/c45-34-33-21-29-24-44(33)35(46)32(17-10-6-3-5-9-16-28-22-39(28,41-34)36(47)42-54(50,51)30-18-19-30)40-37(48)52-20-11-7-2-1-4-8-13-26-14-12-15-27-23-43(25-31(26)27)38(49)53-29/h12,14-15,28-30,32-33H,1-11,13,16-25H2,(H,40,48)(H,41,45)(H,42,47). The Morgan fingerprint density at radius 3 is 2.33 bits per heavy atom. The molecule has 14 nitrogen and oxygen atoms in total. The molecule has 4 heterocycles. The fourth-order valence-electron chi connectivity index (χ4n) is 8.80. The molecule has 5 atom stereocenters. The zero-order valence-electron chi connectivity index (χ0n) is 31.2. The smallest absolute Gasteiger partial charge is 0.410 e. The Hall–Kier alpha value is -3.88. The van der Waals surface area contributed by atoms with Gasteiger partial charge in [0.1, 0.15) is 23.7 Å². The van der Waals surface area contributed by atoms with E-state index < -0.39 is 68.9 Å². The first-order valence-corrected chi connectivity index (χ1v) is 21.8. The number of alkyl carbamates (subject to hydrolysis) is 1. The first-order valence-electron chi connectivity index (χ1n) is 20.2. The molecule has 6 aliphatic rings. The minimum atomic E-state index is -3.87. The lowest BCUT2D eigenvalue weighted by molar-refractivity contribution is -0.141. The van der Waals surface area contributed by atoms with E-state index in [4.69, 9.17) is 9.47 Å². The van der Waals surface area contributed by atoms with Crippen molar-refractivity contribution < 1.29 is 41.9 Å². The molecule has 1 aromatic rings. The molecular weight excluding hydrogens is 715 g/mol. The van der Waals surface area contributed by atoms with Crippen LogP contribution in [0.15, 0.2) is 18.2 Å². The quantitative estimate of drug-likeness (QED) is 0.404. The molecule has 1 aromatic carbocycles. The van der Waals surface area contributed by atoms with Gasteiger partial charge in [-0.3, -0.25) is 24.0 Å². The molecule has 2 saturated heterocycles. The lowest BCUT2D eigenvalue weighted by Crippen LogP contribution is -2.58. The fourth-order valence-corrected chi connectivity index (χ4v) is 10.2. The van der Waals surface area contributed by atoms with Crippen molar-refractivity contribution in [2.24, 2.45) is 5.92 Å². The highest BCUT2D eigenvalue weighted by molar-refractivity contribution is 7.91. The first-order chi connectivity index (χ1) is 26.0. The number of hydrogen-bond acceptors (Lipinski definition) is 9. The summed E-state index contributed by atoms with van der Waals surface area (Å²) in [5.41, 5.74) is 2.03. The third-order valence-corrected chi connectivity index (χ3v) is 14.0. The molecule has 4 aliphatic heterocycles. The van der Waals surface area contributed by atoms with Crippen molar-refractivity contribution in [2.45, 2.75) is 158 Å². The number of fused-ring (bicyclic) bond motifs is 4. The van der Waals surface area contributed by atoms with Crippen LogP contribution < -0.4 is 15.4 Å². The Bertz CT molecular complexity index is 1720. The summed E-state index contributed by atoms with van der Waals surface area (Å²) in [5.74, 6) is -2.12. The average molecular weight is 770 g/mol. The Morgan fingerprint density at radius 2 is 1.56 bits per heavy atom. The van der Waals surface area contributed by atoms with Crippen molar-refractivity contribution >= 4 is 39.9 Å². The van der Waals surface area contributed by atoms with Crippen molar-refractivity contribution in [3.8, 4) is 0 Å². The van der Waals surface area contributed by atoms with E-state index in [2.05, 4.69) is 21.4 Å². The molecule has 7 rings (SSSR count). The van der Waals surface area contributed by atoms with Crippen LogP contribution in [-0.4, -0.2) is 90.3 Å². The maximum Gasteiger partial charge on any atom is 0.410 e. The van der Waals surface area contributed by atoms with Crippen molar-refractivity contribution in [3.05, 3.63) is 34.9 Å². The molecule has 296 valence electrons. The number of cyclic esters (lactones) is 1. The summed E-state index contributed by atoms with van der Waals surface area (Å²) >= 11 is 0. The van der Waals surface area contributed by atoms with Gasteiger partial charge < -0.3 is 25.0 Å². The van der Waals surface area contributed by atoms with Gasteiger partial charge in [-0.05, 0) is 74.0 Å². The molecule has 4 fully saturated rings. The van der Waals surface area contributed by atoms with E-state index in [1.165, 1.54) is 10.5 Å². The van der Waals surface area contributed by atoms with Crippen LogP contribution in [0.3, 0.4) is 0 Å². The van der Waals surface area contributed by atoms with Crippen molar-refractivity contribution in [3.63, 3.8) is 0 Å². The highest BCUT2D eigenvalue weighted by Crippen LogP contribution is 2.48. The number of nitrogens with zero attached hydrogens (tertiary/aromatic N) is 2. The van der Waals surface area contributed by atoms with Gasteiger partial charge in [0.2, 0.25) is 21.8 Å². The van der Waals surface area contributed by atoms with Gasteiger partial charge in [0.05, 0.1) is 18.4 Å². The molecule has 5 unspecified atom stereocenters. The summed E-state index contributed by atoms with van der Waals surface area (Å²) < 4.78 is 39.4. The topological polar surface area (TPSA) is 181 Å². The number of sulfonamides is 1. The average Bonchev–Trinajstić information content (AvgIpc) is 4.02. The summed E-state index contributed by atoms with van der Waals surface area (Å²) in [5, 5.41) is 5.06. The van der Waals surface area contributed by atoms with E-state index >= 15 is 0 Å². The summed E-state index contributed by atoms with van der Waals surface area (Å²) in [4.78, 5) is 72.1. The molecule has 0 radical (unpaired) electrons. The summed E-state index contributed by atoms with van der Waals surface area (Å²) in [6.45, 7) is 0.966. The Balaban J connectivity index is 1.14. The van der Waals surface area contributed by atoms with E-state index in [0.29, 0.717) is 51.6 Å². The molecule has 0 aromatic heterocycles. The van der Waals surface area contributed by atoms with Crippen LogP contribution in [0.2, 0.25) is 0 Å². The Labute approximate surface area is 317 Å². The van der Waals surface area contributed by atoms with Gasteiger partial charge in [-0.1, -0.05) is 76.0 Å². The molecule has 2 saturated carbocycles. The van der Waals surface area contributed by atoms with Crippen molar-refractivity contribution in [1.29, 1.82) is 0 Å². The monoisotopic (exact) mass is 769 g/mol. The number of aryl methyl sites for hydroxylation is 1. The summed E-state index contributed by atoms with van der Waals surface area (Å²) in [6.07, 6.45) is 11.0. The van der Waals surface area contributed by atoms with Gasteiger partial charge in [0, 0.05) is 19.5 Å². The molecule has 3 N–H and O–H groups in total. The van der Waals surface area contributed by atoms with E-state index in [9.17, 15) is 32.4 Å². The van der Waals surface area contributed by atoms with E-state index in [1.54, 1.807) is 4.90 Å². The predicted octanol–water partition coefficient (Wildman–Crippen LogP) is 4.33. The molecule has 54 heavy (non-hydrogen) atoms. The second-order valence-corrected chi connectivity index (χ2v) is 18.2.